The predicted octanol–water partition coefficient (Wildman–Crippen LogP) is 6.46. The van der Waals surface area contributed by atoms with E-state index >= 15 is 0 Å². The van der Waals surface area contributed by atoms with Gasteiger partial charge in [0.15, 0.2) is 5.11 Å². The zero-order valence-electron chi connectivity index (χ0n) is 25.6. The van der Waals surface area contributed by atoms with Crippen LogP contribution in [-0.4, -0.2) is 83.7 Å². The van der Waals surface area contributed by atoms with E-state index in [1.165, 1.54) is 32.1 Å². The van der Waals surface area contributed by atoms with Crippen molar-refractivity contribution in [3.63, 3.8) is 0 Å². The quantitative estimate of drug-likeness (QED) is 0.190. The van der Waals surface area contributed by atoms with E-state index in [0.717, 1.165) is 31.4 Å². The maximum Gasteiger partial charge on any atom is 0.410 e. The first-order valence-corrected chi connectivity index (χ1v) is 16.0. The van der Waals surface area contributed by atoms with Gasteiger partial charge >= 0.3 is 12.2 Å². The molecule has 42 heavy (non-hydrogen) atoms. The van der Waals surface area contributed by atoms with E-state index < -0.39 is 11.7 Å². The van der Waals surface area contributed by atoms with Gasteiger partial charge in [0.25, 0.3) is 0 Å². The van der Waals surface area contributed by atoms with Crippen molar-refractivity contribution < 1.29 is 24.2 Å². The molecule has 3 N–H and O–H groups in total. The Kier molecular flexibility index (Phi) is 13.5. The summed E-state index contributed by atoms with van der Waals surface area (Å²) < 4.78 is 11.9. The minimum Gasteiger partial charge on any atom is -0.465 e. The monoisotopic (exact) mass is 624 g/mol. The number of hydrogen-bond donors (Lipinski definition) is 3. The Morgan fingerprint density at radius 3 is 2.60 bits per heavy atom. The molecule has 1 saturated heterocycles. The molecule has 1 aromatic rings. The molecule has 9 nitrogen and oxygen atoms in total. The van der Waals surface area contributed by atoms with Gasteiger partial charge in [0.2, 0.25) is 0 Å². The lowest BCUT2D eigenvalue weighted by Gasteiger charge is -2.40. The third-order valence-electron chi connectivity index (χ3n) is 7.90. The number of hydrogen-bond acceptors (Lipinski definition) is 5. The van der Waals surface area contributed by atoms with Gasteiger partial charge in [-0.25, -0.2) is 9.59 Å². The molecule has 1 aliphatic carbocycles. The molecule has 1 heterocycles. The number of likely N-dealkylation sites (tertiary alicyclic amines) is 1. The third kappa shape index (κ3) is 11.8. The van der Waals surface area contributed by atoms with Crippen LogP contribution < -0.4 is 10.6 Å². The molecular formula is C31H49ClN4O5S. The van der Waals surface area contributed by atoms with E-state index in [4.69, 9.17) is 38.4 Å². The lowest BCUT2D eigenvalue weighted by molar-refractivity contribution is -0.00550. The van der Waals surface area contributed by atoms with E-state index in [2.05, 4.69) is 15.5 Å². The second-order valence-corrected chi connectivity index (χ2v) is 13.5. The molecule has 2 amide bonds. The molecule has 0 radical (unpaired) electrons. The summed E-state index contributed by atoms with van der Waals surface area (Å²) >= 11 is 12.3. The van der Waals surface area contributed by atoms with Crippen LogP contribution >= 0.6 is 23.8 Å². The molecule has 0 aromatic heterocycles. The second kappa shape index (κ2) is 16.5. The second-order valence-electron chi connectivity index (χ2n) is 12.7. The normalized spacial score (nSPS) is 19.5. The van der Waals surface area contributed by atoms with Gasteiger partial charge in [-0.3, -0.25) is 0 Å². The number of halogens is 1. The highest BCUT2D eigenvalue weighted by atomic mass is 35.5. The van der Waals surface area contributed by atoms with Gasteiger partial charge in [-0.15, -0.1) is 0 Å². The highest BCUT2D eigenvalue weighted by Crippen LogP contribution is 2.34. The number of carbonyl (C=O) groups is 2. The van der Waals surface area contributed by atoms with Crippen molar-refractivity contribution in [3.05, 3.63) is 34.9 Å². The van der Waals surface area contributed by atoms with Gasteiger partial charge in [-0.2, -0.15) is 0 Å². The summed E-state index contributed by atoms with van der Waals surface area (Å²) in [5.74, 6) is 0.753. The van der Waals surface area contributed by atoms with Crippen LogP contribution in [0.15, 0.2) is 24.3 Å². The Labute approximate surface area is 261 Å². The van der Waals surface area contributed by atoms with Gasteiger partial charge < -0.3 is 35.0 Å². The van der Waals surface area contributed by atoms with Gasteiger partial charge in [0, 0.05) is 50.2 Å². The van der Waals surface area contributed by atoms with Crippen molar-refractivity contribution in [1.29, 1.82) is 0 Å². The Balaban J connectivity index is 1.69. The van der Waals surface area contributed by atoms with E-state index in [1.54, 1.807) is 11.9 Å². The number of carboxylic acid groups (broad SMARTS) is 1. The average Bonchev–Trinajstić information content (AvgIpc) is 2.92. The summed E-state index contributed by atoms with van der Waals surface area (Å²) in [7, 11) is 1.79. The molecule has 3 rings (SSSR count). The molecule has 0 unspecified atom stereocenters. The number of rotatable bonds is 11. The molecule has 236 valence electrons. The fourth-order valence-corrected chi connectivity index (χ4v) is 6.52. The number of likely N-dealkylation sites (N-methyl/N-ethyl adjacent to an activating group) is 1. The van der Waals surface area contributed by atoms with Gasteiger partial charge in [0.05, 0.1) is 12.7 Å². The zero-order valence-corrected chi connectivity index (χ0v) is 27.1. The summed E-state index contributed by atoms with van der Waals surface area (Å²) in [6.07, 6.45) is 7.43. The number of ether oxygens (including phenoxy) is 2. The SMILES string of the molecule is CN(C[C@H](CC1CCCCC1)NC(=S)N1CCC[C@@H]([C@@H](OCCNC(=O)O)c2cccc(Cl)c2)C1)C(=O)OC(C)(C)C. The summed E-state index contributed by atoms with van der Waals surface area (Å²) in [6.45, 7) is 8.13. The van der Waals surface area contributed by atoms with E-state index in [9.17, 15) is 9.59 Å². The predicted molar refractivity (Wildman–Crippen MR) is 170 cm³/mol. The van der Waals surface area contributed by atoms with Crippen LogP contribution in [0.1, 0.15) is 83.8 Å². The third-order valence-corrected chi connectivity index (χ3v) is 8.51. The number of benzene rings is 1. The number of amides is 2. The number of nitrogens with one attached hydrogen (secondary N) is 2. The van der Waals surface area contributed by atoms with Gasteiger partial charge in [0.1, 0.15) is 5.60 Å². The number of thiocarbonyl (C=S) groups is 1. The van der Waals surface area contributed by atoms with Crippen molar-refractivity contribution in [2.24, 2.45) is 11.8 Å². The number of piperidine rings is 1. The highest BCUT2D eigenvalue weighted by Gasteiger charge is 2.32. The Bertz CT molecular complexity index is 1030. The molecule has 11 heteroatoms. The van der Waals surface area contributed by atoms with E-state index in [-0.39, 0.29) is 37.3 Å². The van der Waals surface area contributed by atoms with Crippen molar-refractivity contribution in [2.45, 2.75) is 89.9 Å². The zero-order chi connectivity index (χ0) is 30.7. The fourth-order valence-electron chi connectivity index (χ4n) is 5.99. The maximum atomic E-state index is 12.8. The number of nitrogens with zero attached hydrogens (tertiary/aromatic N) is 2. The molecule has 2 fully saturated rings. The summed E-state index contributed by atoms with van der Waals surface area (Å²) in [4.78, 5) is 27.5. The lowest BCUT2D eigenvalue weighted by atomic mass is 9.84. The summed E-state index contributed by atoms with van der Waals surface area (Å²) in [5.41, 5.74) is 0.416. The van der Waals surface area contributed by atoms with Crippen molar-refractivity contribution in [2.75, 3.05) is 39.8 Å². The fraction of sp³-hybridized carbons (Fsp3) is 0.710. The highest BCUT2D eigenvalue weighted by molar-refractivity contribution is 7.80. The van der Waals surface area contributed by atoms with Crippen LogP contribution in [0.5, 0.6) is 0 Å². The molecule has 0 spiro atoms. The minimum atomic E-state index is -1.07. The standard InChI is InChI=1S/C31H49ClN4O5S/c1-31(2,3)41-30(39)35(4)21-26(18-22-10-6-5-7-11-22)34-28(42)36-16-9-13-24(20-36)27(40-17-15-33-29(37)38)23-12-8-14-25(32)19-23/h8,12,14,19,22,24,26-27,33H,5-7,9-11,13,15-18,20-21H2,1-4H3,(H,34,42)(H,37,38)/t24-,26+,27+/m1/s1. The maximum absolute atomic E-state index is 12.8. The van der Waals surface area contributed by atoms with Crippen molar-refractivity contribution in [1.82, 2.24) is 20.4 Å². The molecule has 1 aromatic carbocycles. The van der Waals surface area contributed by atoms with Gasteiger partial charge in [-0.05, 0) is 75.9 Å². The molecule has 1 saturated carbocycles. The largest absolute Gasteiger partial charge is 0.465 e. The van der Waals surface area contributed by atoms with E-state index in [1.807, 2.05) is 45.0 Å². The lowest BCUT2D eigenvalue weighted by Crippen LogP contribution is -2.53. The first kappa shape index (κ1) is 34.2. The minimum absolute atomic E-state index is 0.0144. The summed E-state index contributed by atoms with van der Waals surface area (Å²) in [6, 6.07) is 7.68. The molecular weight excluding hydrogens is 576 g/mol. The molecule has 1 aliphatic heterocycles. The van der Waals surface area contributed by atoms with Crippen LogP contribution in [0.2, 0.25) is 5.02 Å². The first-order chi connectivity index (χ1) is 19.9. The topological polar surface area (TPSA) is 103 Å². The van der Waals surface area contributed by atoms with Crippen LogP contribution in [0, 0.1) is 11.8 Å². The van der Waals surface area contributed by atoms with Crippen LogP contribution in [0.3, 0.4) is 0 Å². The first-order valence-electron chi connectivity index (χ1n) is 15.2. The molecule has 2 aliphatic rings. The Morgan fingerprint density at radius 1 is 1.19 bits per heavy atom. The molecule has 0 bridgehead atoms. The number of carbonyl (C=O) groups excluding carboxylic acids is 1. The Morgan fingerprint density at radius 2 is 1.93 bits per heavy atom. The van der Waals surface area contributed by atoms with E-state index in [0.29, 0.717) is 29.1 Å². The Hall–Kier alpha value is -2.30. The average molecular weight is 625 g/mol. The van der Waals surface area contributed by atoms with Crippen LogP contribution in [0.25, 0.3) is 0 Å². The van der Waals surface area contributed by atoms with Crippen LogP contribution in [0.4, 0.5) is 9.59 Å². The van der Waals surface area contributed by atoms with Crippen molar-refractivity contribution in [3.8, 4) is 0 Å². The molecule has 3 atom stereocenters. The van der Waals surface area contributed by atoms with Crippen LogP contribution in [-0.2, 0) is 9.47 Å². The van der Waals surface area contributed by atoms with Crippen molar-refractivity contribution >= 4 is 41.1 Å². The smallest absolute Gasteiger partial charge is 0.410 e. The van der Waals surface area contributed by atoms with Gasteiger partial charge in [-0.1, -0.05) is 55.8 Å². The summed E-state index contributed by atoms with van der Waals surface area (Å²) in [5, 5.41) is 16.3.